The molecule has 3 amide bonds. The Kier molecular flexibility index (Phi) is 5.95. The van der Waals surface area contributed by atoms with Gasteiger partial charge in [0.1, 0.15) is 12.5 Å². The summed E-state index contributed by atoms with van der Waals surface area (Å²) in [5.41, 5.74) is -1.59. The van der Waals surface area contributed by atoms with Crippen molar-refractivity contribution in [3.8, 4) is 10.6 Å². The summed E-state index contributed by atoms with van der Waals surface area (Å²) in [5.74, 6) is -3.04. The van der Waals surface area contributed by atoms with E-state index < -0.39 is 47.8 Å². The van der Waals surface area contributed by atoms with Crippen LogP contribution in [0.2, 0.25) is 0 Å². The van der Waals surface area contributed by atoms with Crippen LogP contribution in [0.5, 0.6) is 0 Å². The largest absolute Gasteiger partial charge is 0.433 e. The van der Waals surface area contributed by atoms with Crippen LogP contribution in [0.4, 0.5) is 23.2 Å². The molecule has 3 aromatic heterocycles. The van der Waals surface area contributed by atoms with Gasteiger partial charge in [0.25, 0.3) is 17.7 Å². The van der Waals surface area contributed by atoms with Gasteiger partial charge in [-0.3, -0.25) is 24.2 Å². The number of hydrogen-bond donors (Lipinski definition) is 0. The smallest absolute Gasteiger partial charge is 0.288 e. The highest BCUT2D eigenvalue weighted by Crippen LogP contribution is 2.34. The molecule has 0 bridgehead atoms. The van der Waals surface area contributed by atoms with Gasteiger partial charge >= 0.3 is 6.18 Å². The molecule has 0 unspecified atom stereocenters. The van der Waals surface area contributed by atoms with Gasteiger partial charge in [0, 0.05) is 11.8 Å². The number of anilines is 1. The van der Waals surface area contributed by atoms with E-state index in [9.17, 15) is 31.9 Å². The van der Waals surface area contributed by atoms with Crippen LogP contribution in [-0.4, -0.2) is 43.9 Å². The average Bonchev–Trinajstić information content (AvgIpc) is 3.66. The second-order valence-electron chi connectivity index (χ2n) is 8.74. The number of aromatic nitrogens is 3. The predicted molar refractivity (Wildman–Crippen MR) is 136 cm³/mol. The lowest BCUT2D eigenvalue weighted by Gasteiger charge is -2.26. The van der Waals surface area contributed by atoms with Crippen molar-refractivity contribution in [1.82, 2.24) is 19.5 Å². The van der Waals surface area contributed by atoms with E-state index in [-0.39, 0.29) is 28.2 Å². The molecular weight excluding hydrogens is 550 g/mol. The van der Waals surface area contributed by atoms with E-state index in [1.165, 1.54) is 35.6 Å². The summed E-state index contributed by atoms with van der Waals surface area (Å²) in [6.45, 7) is -0.636. The van der Waals surface area contributed by atoms with Crippen molar-refractivity contribution in [3.63, 3.8) is 0 Å². The molecule has 0 N–H and O–H groups in total. The number of hydrogen-bond acceptors (Lipinski definition) is 6. The number of carbonyl (C=O) groups excluding carboxylic acids is 3. The lowest BCUT2D eigenvalue weighted by molar-refractivity contribution is -0.142. The van der Waals surface area contributed by atoms with E-state index in [1.54, 1.807) is 29.6 Å². The number of rotatable bonds is 5. The van der Waals surface area contributed by atoms with Gasteiger partial charge in [0.05, 0.1) is 21.7 Å². The number of imide groups is 1. The van der Waals surface area contributed by atoms with Crippen LogP contribution in [-0.2, 0) is 6.18 Å². The highest BCUT2D eigenvalue weighted by atomic mass is 32.1. The second-order valence-corrected chi connectivity index (χ2v) is 9.69. The number of thiophene rings is 1. The van der Waals surface area contributed by atoms with Crippen LogP contribution in [0.1, 0.15) is 36.9 Å². The Hall–Kier alpha value is -4.91. The molecule has 0 fully saturated rings. The number of carbonyl (C=O) groups is 3. The van der Waals surface area contributed by atoms with Gasteiger partial charge in [0.15, 0.2) is 17.0 Å². The molecule has 0 saturated heterocycles. The van der Waals surface area contributed by atoms with Gasteiger partial charge in [-0.2, -0.15) is 18.3 Å². The second kappa shape index (κ2) is 9.38. The van der Waals surface area contributed by atoms with E-state index in [4.69, 9.17) is 0 Å². The minimum atomic E-state index is -4.83. The Bertz CT molecular complexity index is 1780. The van der Waals surface area contributed by atoms with Gasteiger partial charge in [0.2, 0.25) is 0 Å². The van der Waals surface area contributed by atoms with E-state index in [0.29, 0.717) is 9.39 Å². The van der Waals surface area contributed by atoms with Crippen molar-refractivity contribution in [3.05, 3.63) is 107 Å². The normalized spacial score (nSPS) is 13.2. The monoisotopic (exact) mass is 565 g/mol. The van der Waals surface area contributed by atoms with Gasteiger partial charge in [-0.1, -0.05) is 24.3 Å². The molecular formula is C27H15F4N5O3S. The SMILES string of the molecule is O=C1c2ccccc2C(=O)N1CN(C(=O)c1cc2nc(-c3cccs3)cc(C(F)(F)F)n2n1)c1cccc(F)c1. The minimum Gasteiger partial charge on any atom is -0.288 e. The van der Waals surface area contributed by atoms with Gasteiger partial charge < -0.3 is 0 Å². The molecule has 6 rings (SSSR count). The summed E-state index contributed by atoms with van der Waals surface area (Å²) < 4.78 is 56.7. The van der Waals surface area contributed by atoms with E-state index >= 15 is 0 Å². The molecule has 8 nitrogen and oxygen atoms in total. The molecule has 5 aromatic rings. The first-order valence-electron chi connectivity index (χ1n) is 11.7. The van der Waals surface area contributed by atoms with E-state index in [2.05, 4.69) is 10.1 Å². The minimum absolute atomic E-state index is 0.0399. The maximum atomic E-state index is 14.2. The van der Waals surface area contributed by atoms with Crippen molar-refractivity contribution in [1.29, 1.82) is 0 Å². The molecule has 40 heavy (non-hydrogen) atoms. The van der Waals surface area contributed by atoms with Crippen LogP contribution >= 0.6 is 11.3 Å². The summed E-state index contributed by atoms with van der Waals surface area (Å²) in [6, 6.07) is 16.1. The van der Waals surface area contributed by atoms with E-state index in [1.807, 2.05) is 0 Å². The molecule has 0 radical (unpaired) electrons. The highest BCUT2D eigenvalue weighted by Gasteiger charge is 2.39. The Morgan fingerprint density at radius 1 is 0.925 bits per heavy atom. The zero-order chi connectivity index (χ0) is 28.2. The maximum absolute atomic E-state index is 14.2. The first-order valence-corrected chi connectivity index (χ1v) is 12.5. The van der Waals surface area contributed by atoms with Crippen LogP contribution in [0.3, 0.4) is 0 Å². The third-order valence-electron chi connectivity index (χ3n) is 6.24. The van der Waals surface area contributed by atoms with Crippen molar-refractivity contribution >= 4 is 40.4 Å². The number of alkyl halides is 3. The Labute approximate surface area is 226 Å². The number of halogens is 4. The third kappa shape index (κ3) is 4.29. The van der Waals surface area contributed by atoms with Crippen LogP contribution < -0.4 is 4.90 Å². The first-order chi connectivity index (χ1) is 19.1. The summed E-state index contributed by atoms with van der Waals surface area (Å²) >= 11 is 1.19. The molecule has 0 spiro atoms. The van der Waals surface area contributed by atoms with Crippen molar-refractivity contribution < 1.29 is 31.9 Å². The molecule has 200 valence electrons. The summed E-state index contributed by atoms with van der Waals surface area (Å²) in [5, 5.41) is 5.58. The zero-order valence-electron chi connectivity index (χ0n) is 20.1. The molecule has 2 aromatic carbocycles. The number of nitrogens with zero attached hydrogens (tertiary/aromatic N) is 5. The van der Waals surface area contributed by atoms with Crippen LogP contribution in [0.15, 0.2) is 78.2 Å². The first kappa shape index (κ1) is 25.4. The number of fused-ring (bicyclic) bond motifs is 2. The lowest BCUT2D eigenvalue weighted by atomic mass is 10.1. The fraction of sp³-hybridized carbons (Fsp3) is 0.0741. The van der Waals surface area contributed by atoms with Gasteiger partial charge in [-0.05, 0) is 47.8 Å². The fourth-order valence-corrected chi connectivity index (χ4v) is 5.07. The molecule has 0 aliphatic carbocycles. The fourth-order valence-electron chi connectivity index (χ4n) is 4.39. The average molecular weight is 566 g/mol. The Balaban J connectivity index is 1.44. The molecule has 1 aliphatic heterocycles. The van der Waals surface area contributed by atoms with Crippen molar-refractivity contribution in [2.75, 3.05) is 11.6 Å². The quantitative estimate of drug-likeness (QED) is 0.207. The Morgan fingerprint density at radius 2 is 1.65 bits per heavy atom. The number of amides is 3. The van der Waals surface area contributed by atoms with Gasteiger partial charge in [-0.15, -0.1) is 11.3 Å². The van der Waals surface area contributed by atoms with E-state index in [0.717, 1.165) is 34.1 Å². The predicted octanol–water partition coefficient (Wildman–Crippen LogP) is 5.52. The maximum Gasteiger partial charge on any atom is 0.433 e. The van der Waals surface area contributed by atoms with Crippen molar-refractivity contribution in [2.45, 2.75) is 6.18 Å². The summed E-state index contributed by atoms with van der Waals surface area (Å²) in [4.78, 5) is 46.2. The van der Waals surface area contributed by atoms with Crippen molar-refractivity contribution in [2.24, 2.45) is 0 Å². The molecule has 13 heteroatoms. The molecule has 0 saturated carbocycles. The Morgan fingerprint density at radius 3 is 2.27 bits per heavy atom. The molecule has 0 atom stereocenters. The molecule has 4 heterocycles. The number of benzene rings is 2. The highest BCUT2D eigenvalue weighted by molar-refractivity contribution is 7.13. The lowest BCUT2D eigenvalue weighted by Crippen LogP contribution is -2.44. The standard InChI is InChI=1S/C27H15F4N5O3S/c28-15-5-3-6-16(11-15)34(14-35-24(37)17-7-1-2-8-18(17)25(35)38)26(39)20-13-23-32-19(21-9-4-10-40-21)12-22(27(29,30)31)36(23)33-20/h1-13H,14H2. The topological polar surface area (TPSA) is 87.9 Å². The third-order valence-corrected chi connectivity index (χ3v) is 7.13. The van der Waals surface area contributed by atoms with Crippen LogP contribution in [0, 0.1) is 5.82 Å². The van der Waals surface area contributed by atoms with Crippen LogP contribution in [0.25, 0.3) is 16.2 Å². The summed E-state index contributed by atoms with van der Waals surface area (Å²) in [6.07, 6.45) is -4.83. The molecule has 1 aliphatic rings. The van der Waals surface area contributed by atoms with Gasteiger partial charge in [-0.25, -0.2) is 13.9 Å². The zero-order valence-corrected chi connectivity index (χ0v) is 20.9. The summed E-state index contributed by atoms with van der Waals surface area (Å²) in [7, 11) is 0.